The van der Waals surface area contributed by atoms with Crippen LogP contribution in [0, 0.1) is 0 Å². The molecule has 0 spiro atoms. The molecule has 0 aromatic carbocycles. The Morgan fingerprint density at radius 1 is 0.833 bits per heavy atom. The van der Waals surface area contributed by atoms with E-state index in [0.717, 1.165) is 17.3 Å². The molecule has 1 N–H and O–H groups in total. The van der Waals surface area contributed by atoms with Crippen molar-refractivity contribution >= 4 is 5.97 Å². The summed E-state index contributed by atoms with van der Waals surface area (Å²) in [6.07, 6.45) is 10.0. The van der Waals surface area contributed by atoms with Gasteiger partial charge in [0, 0.05) is 6.42 Å². The second-order valence-corrected chi connectivity index (χ2v) is 5.99. The minimum Gasteiger partial charge on any atom is -1.00 e. The molecule has 0 rings (SSSR count). The molecule has 0 saturated heterocycles. The molecule has 0 atom stereocenters. The molecule has 0 amide bonds. The van der Waals surface area contributed by atoms with Crippen molar-refractivity contribution in [2.45, 2.75) is 57.8 Å². The first kappa shape index (κ1) is 20.2. The summed E-state index contributed by atoms with van der Waals surface area (Å²) < 4.78 is 1.06. The molecule has 0 heterocycles. The zero-order chi connectivity index (χ0) is 13.1. The van der Waals surface area contributed by atoms with E-state index < -0.39 is 5.97 Å². The van der Waals surface area contributed by atoms with E-state index in [9.17, 15) is 4.79 Å². The Balaban J connectivity index is 0. The topological polar surface area (TPSA) is 37.3 Å². The lowest BCUT2D eigenvalue weighted by Crippen LogP contribution is -3.00. The fraction of sp³-hybridized carbons (Fsp3) is 0.929. The van der Waals surface area contributed by atoms with E-state index in [-0.39, 0.29) is 17.0 Å². The summed E-state index contributed by atoms with van der Waals surface area (Å²) in [5, 5.41) is 8.48. The highest BCUT2D eigenvalue weighted by atomic mass is 79.9. The van der Waals surface area contributed by atoms with Crippen LogP contribution in [0.4, 0.5) is 0 Å². The molecule has 4 heteroatoms. The van der Waals surface area contributed by atoms with Crippen LogP contribution in [0.5, 0.6) is 0 Å². The monoisotopic (exact) mass is 323 g/mol. The third-order valence-corrected chi connectivity index (χ3v) is 2.97. The van der Waals surface area contributed by atoms with E-state index in [1.165, 1.54) is 45.1 Å². The number of hydrogen-bond donors (Lipinski definition) is 1. The maximum atomic E-state index is 10.3. The SMILES string of the molecule is C[N+](C)(C)CCCCCCCCCCC(=O)O.[Br-]. The second-order valence-electron chi connectivity index (χ2n) is 5.99. The van der Waals surface area contributed by atoms with Crippen molar-refractivity contribution in [1.82, 2.24) is 0 Å². The molecule has 0 aliphatic rings. The first-order valence-corrected chi connectivity index (χ1v) is 6.94. The van der Waals surface area contributed by atoms with Crippen LogP contribution in [0.3, 0.4) is 0 Å². The van der Waals surface area contributed by atoms with Gasteiger partial charge in [-0.05, 0) is 19.3 Å². The van der Waals surface area contributed by atoms with Crippen molar-refractivity contribution < 1.29 is 31.4 Å². The lowest BCUT2D eigenvalue weighted by molar-refractivity contribution is -0.870. The zero-order valence-corrected chi connectivity index (χ0v) is 13.8. The van der Waals surface area contributed by atoms with Gasteiger partial charge in [-0.3, -0.25) is 4.79 Å². The molecule has 0 fully saturated rings. The lowest BCUT2D eigenvalue weighted by atomic mass is 10.1. The van der Waals surface area contributed by atoms with Crippen LogP contribution in [0.15, 0.2) is 0 Å². The maximum Gasteiger partial charge on any atom is 0.303 e. The Labute approximate surface area is 123 Å². The fourth-order valence-corrected chi connectivity index (χ4v) is 1.92. The summed E-state index contributed by atoms with van der Waals surface area (Å²) in [6.45, 7) is 1.26. The summed E-state index contributed by atoms with van der Waals surface area (Å²) in [7, 11) is 6.72. The minimum absolute atomic E-state index is 0. The van der Waals surface area contributed by atoms with Gasteiger partial charge in [0.15, 0.2) is 0 Å². The molecule has 0 aromatic rings. The van der Waals surface area contributed by atoms with Gasteiger partial charge >= 0.3 is 5.97 Å². The van der Waals surface area contributed by atoms with Crippen molar-refractivity contribution in [2.75, 3.05) is 27.7 Å². The summed E-state index contributed by atoms with van der Waals surface area (Å²) >= 11 is 0. The second kappa shape index (κ2) is 12.0. The highest BCUT2D eigenvalue weighted by molar-refractivity contribution is 5.66. The van der Waals surface area contributed by atoms with E-state index in [0.29, 0.717) is 6.42 Å². The first-order valence-electron chi connectivity index (χ1n) is 6.94. The molecule has 0 aliphatic carbocycles. The normalized spacial score (nSPS) is 11.1. The van der Waals surface area contributed by atoms with Gasteiger partial charge in [0.25, 0.3) is 0 Å². The van der Waals surface area contributed by atoms with Crippen molar-refractivity contribution in [1.29, 1.82) is 0 Å². The van der Waals surface area contributed by atoms with Crippen LogP contribution >= 0.6 is 0 Å². The van der Waals surface area contributed by atoms with Gasteiger partial charge in [-0.25, -0.2) is 0 Å². The number of quaternary nitrogens is 1. The van der Waals surface area contributed by atoms with Crippen LogP contribution in [0.2, 0.25) is 0 Å². The number of hydrogen-bond acceptors (Lipinski definition) is 1. The van der Waals surface area contributed by atoms with Gasteiger partial charge in [-0.2, -0.15) is 0 Å². The molecule has 0 bridgehead atoms. The molecule has 0 aromatic heterocycles. The van der Waals surface area contributed by atoms with Crippen LogP contribution in [0.1, 0.15) is 57.8 Å². The molecule has 3 nitrogen and oxygen atoms in total. The molecule has 0 radical (unpaired) electrons. The van der Waals surface area contributed by atoms with Crippen molar-refractivity contribution in [3.05, 3.63) is 0 Å². The number of carboxylic acids is 1. The van der Waals surface area contributed by atoms with Crippen LogP contribution in [-0.4, -0.2) is 43.2 Å². The number of aliphatic carboxylic acids is 1. The Bertz CT molecular complexity index is 202. The Hall–Kier alpha value is -0.0900. The minimum atomic E-state index is -0.662. The smallest absolute Gasteiger partial charge is 0.303 e. The lowest BCUT2D eigenvalue weighted by Gasteiger charge is -2.23. The van der Waals surface area contributed by atoms with Crippen molar-refractivity contribution in [3.8, 4) is 0 Å². The average molecular weight is 324 g/mol. The summed E-state index contributed by atoms with van der Waals surface area (Å²) in [4.78, 5) is 10.3. The molecular formula is C14H30BrNO2. The first-order chi connectivity index (χ1) is 7.92. The van der Waals surface area contributed by atoms with E-state index in [1.807, 2.05) is 0 Å². The number of nitrogens with zero attached hydrogens (tertiary/aromatic N) is 1. The standard InChI is InChI=1S/C14H29NO2.BrH/c1-15(2,3)13-11-9-7-5-4-6-8-10-12-14(16)17;/h4-13H2,1-3H3;1H. The highest BCUT2D eigenvalue weighted by Crippen LogP contribution is 2.10. The summed E-state index contributed by atoms with van der Waals surface area (Å²) in [5.74, 6) is -0.662. The number of halogens is 1. The number of carboxylic acid groups (broad SMARTS) is 1. The van der Waals surface area contributed by atoms with Gasteiger partial charge in [0.1, 0.15) is 0 Å². The highest BCUT2D eigenvalue weighted by Gasteiger charge is 2.04. The van der Waals surface area contributed by atoms with E-state index >= 15 is 0 Å². The third kappa shape index (κ3) is 18.3. The summed E-state index contributed by atoms with van der Waals surface area (Å²) in [5.41, 5.74) is 0. The van der Waals surface area contributed by atoms with E-state index in [4.69, 9.17) is 5.11 Å². The number of unbranched alkanes of at least 4 members (excludes halogenated alkanes) is 7. The van der Waals surface area contributed by atoms with Crippen LogP contribution < -0.4 is 17.0 Å². The summed E-state index contributed by atoms with van der Waals surface area (Å²) in [6, 6.07) is 0. The maximum absolute atomic E-state index is 10.3. The molecule has 18 heavy (non-hydrogen) atoms. The Kier molecular flexibility index (Phi) is 13.5. The largest absolute Gasteiger partial charge is 1.00 e. The Morgan fingerprint density at radius 3 is 1.61 bits per heavy atom. The predicted molar refractivity (Wildman–Crippen MR) is 72.1 cm³/mol. The van der Waals surface area contributed by atoms with Crippen LogP contribution in [0.25, 0.3) is 0 Å². The molecule has 110 valence electrons. The average Bonchev–Trinajstić information content (AvgIpc) is 2.18. The zero-order valence-electron chi connectivity index (χ0n) is 12.3. The van der Waals surface area contributed by atoms with Gasteiger partial charge in [0.05, 0.1) is 27.7 Å². The predicted octanol–water partition coefficient (Wildman–Crippen LogP) is 0.292. The third-order valence-electron chi connectivity index (χ3n) is 2.97. The van der Waals surface area contributed by atoms with Gasteiger partial charge in [-0.15, -0.1) is 0 Å². The molecular weight excluding hydrogens is 294 g/mol. The fourth-order valence-electron chi connectivity index (χ4n) is 1.92. The van der Waals surface area contributed by atoms with Gasteiger partial charge < -0.3 is 26.6 Å². The van der Waals surface area contributed by atoms with Crippen molar-refractivity contribution in [2.24, 2.45) is 0 Å². The van der Waals surface area contributed by atoms with Gasteiger partial charge in [-0.1, -0.05) is 32.1 Å². The Morgan fingerprint density at radius 2 is 1.22 bits per heavy atom. The number of rotatable bonds is 11. The molecule has 0 unspecified atom stereocenters. The van der Waals surface area contributed by atoms with Gasteiger partial charge in [0.2, 0.25) is 0 Å². The van der Waals surface area contributed by atoms with Crippen LogP contribution in [-0.2, 0) is 4.79 Å². The molecule has 0 aliphatic heterocycles. The molecule has 0 saturated carbocycles. The van der Waals surface area contributed by atoms with E-state index in [1.54, 1.807) is 0 Å². The van der Waals surface area contributed by atoms with E-state index in [2.05, 4.69) is 21.1 Å². The number of carbonyl (C=O) groups is 1. The quantitative estimate of drug-likeness (QED) is 0.438. The van der Waals surface area contributed by atoms with Crippen molar-refractivity contribution in [3.63, 3.8) is 0 Å².